The zero-order valence-corrected chi connectivity index (χ0v) is 12.9. The van der Waals surface area contributed by atoms with E-state index in [1.165, 1.54) is 11.1 Å². The highest BCUT2D eigenvalue weighted by atomic mass is 16.5. The minimum absolute atomic E-state index is 0.317. The van der Waals surface area contributed by atoms with Crippen LogP contribution < -0.4 is 0 Å². The zero-order chi connectivity index (χ0) is 14.5. The van der Waals surface area contributed by atoms with E-state index in [4.69, 9.17) is 4.74 Å². The maximum absolute atomic E-state index is 12.5. The van der Waals surface area contributed by atoms with Crippen molar-refractivity contribution in [2.24, 2.45) is 5.92 Å². The summed E-state index contributed by atoms with van der Waals surface area (Å²) >= 11 is 0. The molecule has 1 fully saturated rings. The van der Waals surface area contributed by atoms with Crippen LogP contribution in [-0.2, 0) is 17.6 Å². The maximum Gasteiger partial charge on any atom is 0.163 e. The van der Waals surface area contributed by atoms with E-state index in [1.54, 1.807) is 0 Å². The van der Waals surface area contributed by atoms with Gasteiger partial charge in [0.1, 0.15) is 0 Å². The van der Waals surface area contributed by atoms with Crippen molar-refractivity contribution in [2.45, 2.75) is 59.0 Å². The van der Waals surface area contributed by atoms with Gasteiger partial charge in [-0.1, -0.05) is 26.0 Å². The van der Waals surface area contributed by atoms with Gasteiger partial charge in [-0.3, -0.25) is 4.79 Å². The van der Waals surface area contributed by atoms with Crippen molar-refractivity contribution in [3.8, 4) is 0 Å². The van der Waals surface area contributed by atoms with E-state index < -0.39 is 0 Å². The number of ketones is 1. The van der Waals surface area contributed by atoms with Gasteiger partial charge in [-0.2, -0.15) is 0 Å². The largest absolute Gasteiger partial charge is 0.378 e. The lowest BCUT2D eigenvalue weighted by molar-refractivity contribution is -0.0246. The molecule has 0 aromatic heterocycles. The number of hydrogen-bond acceptors (Lipinski definition) is 2. The van der Waals surface area contributed by atoms with Gasteiger partial charge in [0.15, 0.2) is 5.78 Å². The zero-order valence-electron chi connectivity index (χ0n) is 12.9. The predicted molar refractivity (Wildman–Crippen MR) is 82.3 cm³/mol. The number of carbonyl (C=O) groups is 1. The summed E-state index contributed by atoms with van der Waals surface area (Å²) in [6.45, 7) is 7.06. The molecule has 2 rings (SSSR count). The van der Waals surface area contributed by atoms with Crippen LogP contribution in [0.1, 0.15) is 61.5 Å². The van der Waals surface area contributed by atoms with Crippen molar-refractivity contribution in [3.63, 3.8) is 0 Å². The Labute approximate surface area is 122 Å². The summed E-state index contributed by atoms with van der Waals surface area (Å²) in [4.78, 5) is 12.5. The van der Waals surface area contributed by atoms with Crippen LogP contribution in [0.4, 0.5) is 0 Å². The fourth-order valence-corrected chi connectivity index (χ4v) is 3.00. The second-order valence-electron chi connectivity index (χ2n) is 5.74. The van der Waals surface area contributed by atoms with E-state index in [0.29, 0.717) is 24.2 Å². The molecule has 1 saturated carbocycles. The minimum Gasteiger partial charge on any atom is -0.378 e. The third-order valence-electron chi connectivity index (χ3n) is 4.33. The number of rotatable bonds is 7. The molecule has 0 amide bonds. The summed E-state index contributed by atoms with van der Waals surface area (Å²) in [6.07, 6.45) is 5.09. The molecule has 0 radical (unpaired) electrons. The minimum atomic E-state index is 0.317. The van der Waals surface area contributed by atoms with Crippen LogP contribution in [-0.4, -0.2) is 18.5 Å². The molecule has 0 saturated heterocycles. The van der Waals surface area contributed by atoms with Crippen molar-refractivity contribution in [1.29, 1.82) is 0 Å². The molecule has 1 aliphatic rings. The molecule has 0 unspecified atom stereocenters. The summed E-state index contributed by atoms with van der Waals surface area (Å²) in [5.41, 5.74) is 3.39. The molecule has 0 N–H and O–H groups in total. The first kappa shape index (κ1) is 15.2. The van der Waals surface area contributed by atoms with E-state index in [9.17, 15) is 4.79 Å². The molecule has 0 aliphatic heterocycles. The number of ether oxygens (including phenoxy) is 1. The fourth-order valence-electron chi connectivity index (χ4n) is 3.00. The highest BCUT2D eigenvalue weighted by molar-refractivity contribution is 5.97. The van der Waals surface area contributed by atoms with Crippen molar-refractivity contribution in [2.75, 3.05) is 6.61 Å². The van der Waals surface area contributed by atoms with Crippen molar-refractivity contribution < 1.29 is 9.53 Å². The van der Waals surface area contributed by atoms with E-state index in [-0.39, 0.29) is 0 Å². The molecule has 1 aromatic rings. The quantitative estimate of drug-likeness (QED) is 0.697. The lowest BCUT2D eigenvalue weighted by Crippen LogP contribution is -2.32. The average molecular weight is 274 g/mol. The summed E-state index contributed by atoms with van der Waals surface area (Å²) in [7, 11) is 0. The average Bonchev–Trinajstić information content (AvgIpc) is 2.44. The Kier molecular flexibility index (Phi) is 5.36. The van der Waals surface area contributed by atoms with E-state index in [0.717, 1.165) is 37.9 Å². The third-order valence-corrected chi connectivity index (χ3v) is 4.33. The Morgan fingerprint density at radius 3 is 2.55 bits per heavy atom. The number of carbonyl (C=O) groups excluding carboxylic acids is 1. The lowest BCUT2D eigenvalue weighted by atomic mass is 9.77. The van der Waals surface area contributed by atoms with E-state index >= 15 is 0 Å². The number of Topliss-reactive ketones (excluding diaryl/α,β-unsaturated/α-hetero) is 1. The van der Waals surface area contributed by atoms with Crippen molar-refractivity contribution in [1.82, 2.24) is 0 Å². The molecule has 1 aliphatic carbocycles. The highest BCUT2D eigenvalue weighted by Gasteiger charge is 2.31. The number of aryl methyl sites for hydroxylation is 2. The van der Waals surface area contributed by atoms with Gasteiger partial charge in [0.05, 0.1) is 6.10 Å². The standard InChI is InChI=1S/C18H26O2/c1-4-13-7-8-15(5-2)17(11-13)18(19)12-14-9-16(10-14)20-6-3/h7-8,11,14,16H,4-6,9-10,12H2,1-3H3. The van der Waals surface area contributed by atoms with Crippen LogP contribution in [0.3, 0.4) is 0 Å². The van der Waals surface area contributed by atoms with Gasteiger partial charge in [-0.25, -0.2) is 0 Å². The molecular weight excluding hydrogens is 248 g/mol. The Hall–Kier alpha value is -1.15. The summed E-state index contributed by atoms with van der Waals surface area (Å²) in [5.74, 6) is 0.839. The van der Waals surface area contributed by atoms with Gasteiger partial charge >= 0.3 is 0 Å². The number of benzene rings is 1. The van der Waals surface area contributed by atoms with Gasteiger partial charge in [-0.15, -0.1) is 0 Å². The van der Waals surface area contributed by atoms with E-state index in [1.807, 2.05) is 6.92 Å². The molecular formula is C18H26O2. The SMILES string of the molecule is CCOC1CC(CC(=O)c2cc(CC)ccc2CC)C1. The lowest BCUT2D eigenvalue weighted by Gasteiger charge is -2.34. The second-order valence-corrected chi connectivity index (χ2v) is 5.74. The van der Waals surface area contributed by atoms with Crippen LogP contribution in [0.25, 0.3) is 0 Å². The Morgan fingerprint density at radius 2 is 1.95 bits per heavy atom. The molecule has 0 heterocycles. The third kappa shape index (κ3) is 3.49. The molecule has 2 nitrogen and oxygen atoms in total. The second kappa shape index (κ2) is 7.03. The first-order valence-corrected chi connectivity index (χ1v) is 7.94. The van der Waals surface area contributed by atoms with Crippen LogP contribution in [0.5, 0.6) is 0 Å². The van der Waals surface area contributed by atoms with Crippen LogP contribution in [0.2, 0.25) is 0 Å². The summed E-state index contributed by atoms with van der Waals surface area (Å²) < 4.78 is 5.57. The van der Waals surface area contributed by atoms with Gasteiger partial charge in [0, 0.05) is 18.6 Å². The maximum atomic E-state index is 12.5. The Bertz CT molecular complexity index is 458. The summed E-state index contributed by atoms with van der Waals surface area (Å²) in [6, 6.07) is 6.36. The fraction of sp³-hybridized carbons (Fsp3) is 0.611. The summed E-state index contributed by atoms with van der Waals surface area (Å²) in [5, 5.41) is 0. The van der Waals surface area contributed by atoms with Gasteiger partial charge in [0.2, 0.25) is 0 Å². The molecule has 1 aromatic carbocycles. The topological polar surface area (TPSA) is 26.3 Å². The molecule has 0 bridgehead atoms. The van der Waals surface area contributed by atoms with Crippen molar-refractivity contribution >= 4 is 5.78 Å². The molecule has 0 spiro atoms. The Morgan fingerprint density at radius 1 is 1.20 bits per heavy atom. The van der Waals surface area contributed by atoms with Crippen LogP contribution in [0, 0.1) is 5.92 Å². The molecule has 110 valence electrons. The molecule has 20 heavy (non-hydrogen) atoms. The molecule has 0 atom stereocenters. The van der Waals surface area contributed by atoms with Crippen LogP contribution >= 0.6 is 0 Å². The first-order valence-electron chi connectivity index (χ1n) is 7.94. The number of hydrogen-bond donors (Lipinski definition) is 0. The van der Waals surface area contributed by atoms with E-state index in [2.05, 4.69) is 32.0 Å². The van der Waals surface area contributed by atoms with Crippen molar-refractivity contribution in [3.05, 3.63) is 34.9 Å². The van der Waals surface area contributed by atoms with Gasteiger partial charge in [0.25, 0.3) is 0 Å². The van der Waals surface area contributed by atoms with Gasteiger partial charge < -0.3 is 4.74 Å². The monoisotopic (exact) mass is 274 g/mol. The van der Waals surface area contributed by atoms with Gasteiger partial charge in [-0.05, 0) is 55.7 Å². The normalized spacial score (nSPS) is 21.6. The molecule has 2 heteroatoms. The Balaban J connectivity index is 1.98. The highest BCUT2D eigenvalue weighted by Crippen LogP contribution is 2.34. The smallest absolute Gasteiger partial charge is 0.163 e. The van der Waals surface area contributed by atoms with Crippen LogP contribution in [0.15, 0.2) is 18.2 Å². The predicted octanol–water partition coefficient (Wildman–Crippen LogP) is 4.20. The first-order chi connectivity index (χ1) is 9.67.